The molecule has 402 valence electrons. The van der Waals surface area contributed by atoms with Crippen LogP contribution in [0.5, 0.6) is 0 Å². The van der Waals surface area contributed by atoms with Gasteiger partial charge in [0.05, 0.1) is 35.5 Å². The van der Waals surface area contributed by atoms with Gasteiger partial charge in [-0.2, -0.15) is 0 Å². The lowest BCUT2D eigenvalue weighted by Crippen LogP contribution is -2.82. The van der Waals surface area contributed by atoms with Gasteiger partial charge in [0.1, 0.15) is 36.6 Å². The van der Waals surface area contributed by atoms with E-state index in [1.165, 1.54) is 61.4 Å². The number of nitrogens with one attached hydrogen (secondary N) is 1. The number of ether oxygens (including phenoxy) is 7. The van der Waals surface area contributed by atoms with Gasteiger partial charge in [0.2, 0.25) is 0 Å². The average molecular weight is 1080 g/mol. The maximum atomic E-state index is 16.2. The molecular formula is C54H61NO18S2. The minimum Gasteiger partial charge on any atom is -0.481 e. The minimum atomic E-state index is -2.52. The van der Waals surface area contributed by atoms with E-state index in [0.29, 0.717) is 5.56 Å². The normalized spacial score (nSPS) is 28.6. The van der Waals surface area contributed by atoms with Crippen molar-refractivity contribution in [2.45, 2.75) is 115 Å². The first-order valence-electron chi connectivity index (χ1n) is 24.3. The summed E-state index contributed by atoms with van der Waals surface area (Å²) in [5, 5.41) is 37.9. The van der Waals surface area contributed by atoms with Crippen LogP contribution in [0.15, 0.2) is 102 Å². The van der Waals surface area contributed by atoms with Crippen LogP contribution in [-0.2, 0) is 57.1 Å². The van der Waals surface area contributed by atoms with Gasteiger partial charge in [0, 0.05) is 49.2 Å². The molecule has 1 saturated heterocycles. The van der Waals surface area contributed by atoms with Gasteiger partial charge < -0.3 is 53.8 Å². The van der Waals surface area contributed by atoms with E-state index in [1.54, 1.807) is 85.8 Å². The second-order valence-corrected chi connectivity index (χ2v) is 22.5. The monoisotopic (exact) mass is 1080 g/mol. The summed E-state index contributed by atoms with van der Waals surface area (Å²) in [5.74, 6) is -8.45. The lowest BCUT2D eigenvalue weighted by atomic mass is 9.44. The molecule has 1 amide bonds. The molecule has 2 saturated carbocycles. The molecule has 3 aromatic carbocycles. The van der Waals surface area contributed by atoms with E-state index in [4.69, 9.17) is 33.2 Å². The van der Waals surface area contributed by atoms with E-state index >= 15 is 4.79 Å². The van der Waals surface area contributed by atoms with E-state index in [2.05, 4.69) is 5.32 Å². The van der Waals surface area contributed by atoms with Crippen LogP contribution in [0.1, 0.15) is 93.6 Å². The molecule has 3 aromatic rings. The SMILES string of the molecule is CC(=O)O[C@H]1C(=O)[C@@]2(C)C(C(OC(=O)c3ccccc3)[C@]3(O)C[C@H](OC(=O)[C@H](O)[C@H](NC(=O)c4ccccc4)c4ccccc4)C(C)=C1C3(C)C)[C@]1(OC(C)=O)CO[C@@H]1C[C@@H]2OC(=O)OCCSSC[C@H](C)C(=O)O. The average Bonchev–Trinajstić information content (AvgIpc) is 3.43. The van der Waals surface area contributed by atoms with Crippen LogP contribution in [0.3, 0.4) is 0 Å². The first-order valence-corrected chi connectivity index (χ1v) is 26.8. The predicted molar refractivity (Wildman–Crippen MR) is 270 cm³/mol. The number of rotatable bonds is 18. The van der Waals surface area contributed by atoms with E-state index in [-0.39, 0.29) is 46.8 Å². The highest BCUT2D eigenvalue weighted by atomic mass is 33.1. The zero-order valence-corrected chi connectivity index (χ0v) is 44.0. The molecule has 0 radical (unpaired) electrons. The maximum absolute atomic E-state index is 16.2. The molecule has 3 aliphatic carbocycles. The number of aliphatic hydroxyl groups is 2. The van der Waals surface area contributed by atoms with Crippen molar-refractivity contribution in [3.05, 3.63) is 119 Å². The summed E-state index contributed by atoms with van der Waals surface area (Å²) >= 11 is 0. The van der Waals surface area contributed by atoms with Crippen molar-refractivity contribution in [3.8, 4) is 0 Å². The molecule has 4 N–H and O–H groups in total. The van der Waals surface area contributed by atoms with Gasteiger partial charge in [-0.3, -0.25) is 24.0 Å². The highest BCUT2D eigenvalue weighted by molar-refractivity contribution is 8.76. The Morgan fingerprint density at radius 1 is 0.827 bits per heavy atom. The number of carbonyl (C=O) groups is 8. The number of carboxylic acid groups (broad SMARTS) is 1. The Morgan fingerprint density at radius 3 is 2.01 bits per heavy atom. The fraction of sp³-hybridized carbons (Fsp3) is 0.481. The van der Waals surface area contributed by atoms with E-state index in [1.807, 2.05) is 0 Å². The van der Waals surface area contributed by atoms with Gasteiger partial charge in [0.15, 0.2) is 23.6 Å². The van der Waals surface area contributed by atoms with E-state index < -0.39 is 137 Å². The number of benzene rings is 3. The number of amides is 1. The third kappa shape index (κ3) is 11.2. The highest BCUT2D eigenvalue weighted by Crippen LogP contribution is 2.65. The van der Waals surface area contributed by atoms with Crippen molar-refractivity contribution < 1.29 is 86.8 Å². The molecular weight excluding hydrogens is 1010 g/mol. The Balaban J connectivity index is 1.35. The molecule has 12 atom stereocenters. The number of carboxylic acids is 1. The van der Waals surface area contributed by atoms with Crippen LogP contribution in [0.4, 0.5) is 4.79 Å². The Kier molecular flexibility index (Phi) is 17.3. The summed E-state index contributed by atoms with van der Waals surface area (Å²) in [6.07, 6.45) is -12.5. The van der Waals surface area contributed by atoms with Crippen LogP contribution in [0.2, 0.25) is 0 Å². The van der Waals surface area contributed by atoms with Gasteiger partial charge in [-0.25, -0.2) is 14.4 Å². The lowest BCUT2D eigenvalue weighted by Gasteiger charge is -2.67. The quantitative estimate of drug-likeness (QED) is 0.0374. The second-order valence-electron chi connectivity index (χ2n) is 19.9. The zero-order chi connectivity index (χ0) is 54.6. The molecule has 4 aliphatic rings. The largest absolute Gasteiger partial charge is 0.508 e. The standard InChI is InChI=1S/C54H61NO18S2/c1-29(47(61)62)27-75-74-24-23-67-50(65)71-37-25-38-53(28-68-38,73-32(4)57)43-45(72-48(63)35-21-15-10-16-22-35)54(66)26-36(30(2)39(51(54,5)6)42(69-31(3)56)44(59)52(37,43)7)70-49(64)41(58)40(33-17-11-8-12-18-33)55-46(60)34-19-13-9-14-20-34/h8-22,29,36-38,40-43,45,58,66H,23-28H2,1-7H3,(H,55,60)(H,61,62)/t29-,36-,37-,38+,40+,41+,42+,43?,45?,52+,53-,54+/m0/s1. The van der Waals surface area contributed by atoms with Crippen molar-refractivity contribution in [1.82, 2.24) is 5.32 Å². The van der Waals surface area contributed by atoms with Crippen molar-refractivity contribution >= 4 is 69.3 Å². The first-order chi connectivity index (χ1) is 35.5. The van der Waals surface area contributed by atoms with Gasteiger partial charge in [-0.15, -0.1) is 0 Å². The number of hydrogen-bond acceptors (Lipinski definition) is 19. The van der Waals surface area contributed by atoms with Crippen LogP contribution < -0.4 is 5.32 Å². The first kappa shape index (κ1) is 56.5. The fourth-order valence-electron chi connectivity index (χ4n) is 10.9. The number of hydrogen-bond donors (Lipinski definition) is 4. The number of ketones is 1. The topological polar surface area (TPSA) is 274 Å². The summed E-state index contributed by atoms with van der Waals surface area (Å²) < 4.78 is 42.4. The third-order valence-electron chi connectivity index (χ3n) is 14.9. The zero-order valence-electron chi connectivity index (χ0n) is 42.4. The Bertz CT molecular complexity index is 2690. The Labute approximate surface area is 441 Å². The van der Waals surface area contributed by atoms with Gasteiger partial charge in [-0.1, -0.05) is 109 Å². The molecule has 1 heterocycles. The molecule has 1 aliphatic heterocycles. The maximum Gasteiger partial charge on any atom is 0.508 e. The fourth-order valence-corrected chi connectivity index (χ4v) is 13.1. The van der Waals surface area contributed by atoms with Crippen molar-refractivity contribution in [3.63, 3.8) is 0 Å². The Morgan fingerprint density at radius 2 is 1.44 bits per heavy atom. The second kappa shape index (κ2) is 22.9. The molecule has 2 unspecified atom stereocenters. The van der Waals surface area contributed by atoms with Crippen LogP contribution in [-0.4, -0.2) is 136 Å². The minimum absolute atomic E-state index is 0.00808. The molecule has 21 heteroatoms. The van der Waals surface area contributed by atoms with Gasteiger partial charge in [0.25, 0.3) is 5.91 Å². The van der Waals surface area contributed by atoms with Crippen LogP contribution in [0.25, 0.3) is 0 Å². The smallest absolute Gasteiger partial charge is 0.481 e. The third-order valence-corrected chi connectivity index (χ3v) is 17.4. The molecule has 7 rings (SSSR count). The van der Waals surface area contributed by atoms with E-state index in [9.17, 15) is 48.9 Å². The van der Waals surface area contributed by atoms with E-state index in [0.717, 1.165) is 13.8 Å². The molecule has 19 nitrogen and oxygen atoms in total. The molecule has 75 heavy (non-hydrogen) atoms. The van der Waals surface area contributed by atoms with Gasteiger partial charge >= 0.3 is 36.0 Å². The summed E-state index contributed by atoms with van der Waals surface area (Å²) in [6.45, 7) is 9.04. The Hall–Kier alpha value is -6.26. The number of aliphatic carboxylic acids is 1. The van der Waals surface area contributed by atoms with Gasteiger partial charge in [-0.05, 0) is 54.8 Å². The summed E-state index contributed by atoms with van der Waals surface area (Å²) in [7, 11) is 2.52. The number of fused-ring (bicyclic) bond motifs is 5. The molecule has 0 spiro atoms. The van der Waals surface area contributed by atoms with Crippen molar-refractivity contribution in [2.75, 3.05) is 24.7 Å². The molecule has 2 bridgehead atoms. The number of aliphatic hydroxyl groups excluding tert-OH is 1. The number of carbonyl (C=O) groups excluding carboxylic acids is 7. The summed E-state index contributed by atoms with van der Waals surface area (Å²) in [5.41, 5.74) is -7.84. The molecule has 0 aromatic heterocycles. The molecule has 3 fully saturated rings. The highest BCUT2D eigenvalue weighted by Gasteiger charge is 2.79. The number of esters is 4. The summed E-state index contributed by atoms with van der Waals surface area (Å²) in [4.78, 5) is 111. The lowest BCUT2D eigenvalue weighted by molar-refractivity contribution is -0.346. The predicted octanol–water partition coefficient (Wildman–Crippen LogP) is 6.00. The van der Waals surface area contributed by atoms with Crippen LogP contribution in [0, 0.1) is 22.7 Å². The summed E-state index contributed by atoms with van der Waals surface area (Å²) in [6, 6.07) is 22.6. The van der Waals surface area contributed by atoms with Crippen LogP contribution >= 0.6 is 21.6 Å². The van der Waals surface area contributed by atoms with Crippen molar-refractivity contribution in [1.29, 1.82) is 0 Å². The van der Waals surface area contributed by atoms with Crippen molar-refractivity contribution in [2.24, 2.45) is 22.7 Å². The number of Topliss-reactive ketones (excluding diaryl/α,β-unsaturated/α-hetero) is 1.